The molecular formula is C30H46O4. The fourth-order valence-electron chi connectivity index (χ4n) is 6.39. The number of benzene rings is 1. The molecule has 34 heavy (non-hydrogen) atoms. The predicted molar refractivity (Wildman–Crippen MR) is 138 cm³/mol. The topological polar surface area (TPSA) is 74.6 Å². The van der Waals surface area contributed by atoms with Gasteiger partial charge in [0.1, 0.15) is 0 Å². The molecule has 4 nitrogen and oxygen atoms in total. The molecule has 1 aromatic carbocycles. The summed E-state index contributed by atoms with van der Waals surface area (Å²) in [6.07, 6.45) is 19.5. The maximum Gasteiger partial charge on any atom is 0.336 e. The molecule has 190 valence electrons. The van der Waals surface area contributed by atoms with Crippen LogP contribution in [0.2, 0.25) is 0 Å². The van der Waals surface area contributed by atoms with Crippen LogP contribution in [0.15, 0.2) is 0 Å². The minimum Gasteiger partial charge on any atom is -0.478 e. The van der Waals surface area contributed by atoms with Crippen molar-refractivity contribution in [3.63, 3.8) is 0 Å². The number of carboxylic acids is 2. The largest absolute Gasteiger partial charge is 0.478 e. The van der Waals surface area contributed by atoms with Crippen LogP contribution in [0.4, 0.5) is 0 Å². The highest BCUT2D eigenvalue weighted by atomic mass is 16.4. The Morgan fingerprint density at radius 1 is 0.529 bits per heavy atom. The second kappa shape index (κ2) is 13.3. The van der Waals surface area contributed by atoms with Gasteiger partial charge in [-0.3, -0.25) is 0 Å². The molecule has 0 amide bonds. The first-order chi connectivity index (χ1) is 16.4. The molecule has 4 heteroatoms. The van der Waals surface area contributed by atoms with Crippen molar-refractivity contribution in [3.8, 4) is 0 Å². The van der Waals surface area contributed by atoms with Gasteiger partial charge in [0.15, 0.2) is 0 Å². The third-order valence-electron chi connectivity index (χ3n) is 8.23. The van der Waals surface area contributed by atoms with E-state index in [0.29, 0.717) is 24.7 Å². The van der Waals surface area contributed by atoms with Crippen LogP contribution in [0.1, 0.15) is 147 Å². The molecule has 2 aliphatic rings. The standard InChI is InChI=1S/C30H46O4/c1-21-15-11-7-4-6-10-14-18-24-25(19-21)23-17-13-9-5-3-8-12-16-22(2)20-26(23)28(30(33)34)27(24)29(31)32/h21-22H,3-20H2,1-2H3,(H,31,32)(H,33,34). The molecule has 0 saturated carbocycles. The van der Waals surface area contributed by atoms with Crippen LogP contribution in [0.25, 0.3) is 0 Å². The minimum atomic E-state index is -1.06. The molecule has 0 fully saturated rings. The van der Waals surface area contributed by atoms with Crippen LogP contribution >= 0.6 is 0 Å². The highest BCUT2D eigenvalue weighted by molar-refractivity contribution is 6.04. The average Bonchev–Trinajstić information content (AvgIpc) is 2.76. The zero-order valence-corrected chi connectivity index (χ0v) is 21.6. The number of fused-ring (bicyclic) bond motifs is 3. The zero-order chi connectivity index (χ0) is 24.5. The maximum atomic E-state index is 12.6. The SMILES string of the molecule is CC1CCCCCCCCc2c(c3c(c(C(=O)O)c2C(=O)O)CC(C)CCCCCCCC3)C1. The van der Waals surface area contributed by atoms with Gasteiger partial charge in [-0.05, 0) is 72.6 Å². The van der Waals surface area contributed by atoms with E-state index in [2.05, 4.69) is 13.8 Å². The number of hydrogen-bond acceptors (Lipinski definition) is 2. The third-order valence-corrected chi connectivity index (χ3v) is 8.23. The van der Waals surface area contributed by atoms with Gasteiger partial charge in [0, 0.05) is 0 Å². The van der Waals surface area contributed by atoms with Gasteiger partial charge in [0.05, 0.1) is 11.1 Å². The van der Waals surface area contributed by atoms with Gasteiger partial charge in [-0.2, -0.15) is 0 Å². The highest BCUT2D eigenvalue weighted by Gasteiger charge is 2.31. The van der Waals surface area contributed by atoms with Gasteiger partial charge in [0.25, 0.3) is 0 Å². The van der Waals surface area contributed by atoms with Gasteiger partial charge in [-0.25, -0.2) is 9.59 Å². The molecule has 2 aliphatic carbocycles. The lowest BCUT2D eigenvalue weighted by Gasteiger charge is -2.28. The van der Waals surface area contributed by atoms with Crippen molar-refractivity contribution in [1.82, 2.24) is 0 Å². The lowest BCUT2D eigenvalue weighted by molar-refractivity contribution is 0.0648. The number of hydrogen-bond donors (Lipinski definition) is 2. The van der Waals surface area contributed by atoms with E-state index in [0.717, 1.165) is 56.1 Å². The van der Waals surface area contributed by atoms with E-state index >= 15 is 0 Å². The first kappa shape index (κ1) is 26.8. The highest BCUT2D eigenvalue weighted by Crippen LogP contribution is 2.36. The quantitative estimate of drug-likeness (QED) is 0.459. The summed E-state index contributed by atoms with van der Waals surface area (Å²) in [5.74, 6) is -1.28. The van der Waals surface area contributed by atoms with Gasteiger partial charge >= 0.3 is 11.9 Å². The van der Waals surface area contributed by atoms with Crippen LogP contribution in [-0.2, 0) is 25.7 Å². The van der Waals surface area contributed by atoms with Crippen molar-refractivity contribution in [1.29, 1.82) is 0 Å². The number of aromatic carboxylic acids is 2. The van der Waals surface area contributed by atoms with E-state index in [1.807, 2.05) is 0 Å². The lowest BCUT2D eigenvalue weighted by atomic mass is 9.76. The molecule has 0 aliphatic heterocycles. The Kier molecular flexibility index (Phi) is 10.5. The summed E-state index contributed by atoms with van der Waals surface area (Å²) in [5, 5.41) is 20.7. The van der Waals surface area contributed by atoms with Crippen molar-refractivity contribution in [2.45, 2.75) is 129 Å². The third kappa shape index (κ3) is 7.09. The summed E-state index contributed by atoms with van der Waals surface area (Å²) in [6, 6.07) is 0. The molecule has 2 N–H and O–H groups in total. The molecule has 3 rings (SSSR count). The first-order valence-corrected chi connectivity index (χ1v) is 14.1. The second-order valence-electron chi connectivity index (χ2n) is 11.2. The molecule has 2 unspecified atom stereocenters. The van der Waals surface area contributed by atoms with Crippen molar-refractivity contribution in [2.24, 2.45) is 11.8 Å². The molecule has 2 atom stereocenters. The Labute approximate surface area is 206 Å². The van der Waals surface area contributed by atoms with Crippen LogP contribution in [0, 0.1) is 11.8 Å². The first-order valence-electron chi connectivity index (χ1n) is 14.1. The summed E-state index contributed by atoms with van der Waals surface area (Å²) < 4.78 is 0. The Morgan fingerprint density at radius 2 is 0.912 bits per heavy atom. The van der Waals surface area contributed by atoms with Crippen LogP contribution in [-0.4, -0.2) is 22.2 Å². The van der Waals surface area contributed by atoms with E-state index in [1.54, 1.807) is 0 Å². The molecule has 0 radical (unpaired) electrons. The Balaban J connectivity index is 2.23. The van der Waals surface area contributed by atoms with Crippen LogP contribution < -0.4 is 0 Å². The van der Waals surface area contributed by atoms with Gasteiger partial charge in [0.2, 0.25) is 0 Å². The van der Waals surface area contributed by atoms with E-state index in [-0.39, 0.29) is 11.1 Å². The predicted octanol–water partition coefficient (Wildman–Crippen LogP) is 8.01. The fourth-order valence-corrected chi connectivity index (χ4v) is 6.39. The molecule has 0 aromatic heterocycles. The number of rotatable bonds is 2. The zero-order valence-electron chi connectivity index (χ0n) is 21.6. The molecule has 0 spiro atoms. The Hall–Kier alpha value is -1.84. The summed E-state index contributed by atoms with van der Waals surface area (Å²) in [4.78, 5) is 25.3. The Morgan fingerprint density at radius 3 is 1.41 bits per heavy atom. The molecule has 1 aromatic rings. The Bertz CT molecular complexity index is 841. The van der Waals surface area contributed by atoms with Crippen molar-refractivity contribution in [3.05, 3.63) is 33.4 Å². The van der Waals surface area contributed by atoms with E-state index in [1.165, 1.54) is 68.9 Å². The molecule has 0 saturated heterocycles. The number of carbonyl (C=O) groups is 2. The van der Waals surface area contributed by atoms with Gasteiger partial charge in [-0.15, -0.1) is 0 Å². The summed E-state index contributed by atoms with van der Waals surface area (Å²) in [5.41, 5.74) is 4.30. The smallest absolute Gasteiger partial charge is 0.336 e. The van der Waals surface area contributed by atoms with Crippen molar-refractivity contribution in [2.75, 3.05) is 0 Å². The van der Waals surface area contributed by atoms with E-state index in [4.69, 9.17) is 0 Å². The molecule has 0 bridgehead atoms. The molecule has 0 heterocycles. The van der Waals surface area contributed by atoms with Crippen molar-refractivity contribution < 1.29 is 19.8 Å². The van der Waals surface area contributed by atoms with Crippen LogP contribution in [0.5, 0.6) is 0 Å². The van der Waals surface area contributed by atoms with Crippen LogP contribution in [0.3, 0.4) is 0 Å². The second-order valence-corrected chi connectivity index (χ2v) is 11.2. The minimum absolute atomic E-state index is 0.102. The normalized spacial score (nSPS) is 23.7. The van der Waals surface area contributed by atoms with Crippen molar-refractivity contribution >= 4 is 11.9 Å². The summed E-state index contributed by atoms with van der Waals surface area (Å²) in [7, 11) is 0. The monoisotopic (exact) mass is 470 g/mol. The lowest BCUT2D eigenvalue weighted by Crippen LogP contribution is -2.22. The number of carboxylic acid groups (broad SMARTS) is 2. The van der Waals surface area contributed by atoms with Gasteiger partial charge in [-0.1, -0.05) is 90.9 Å². The van der Waals surface area contributed by atoms with Gasteiger partial charge < -0.3 is 10.2 Å². The summed E-state index contributed by atoms with van der Waals surface area (Å²) in [6.45, 7) is 4.51. The average molecular weight is 471 g/mol. The van der Waals surface area contributed by atoms with E-state index < -0.39 is 11.9 Å². The summed E-state index contributed by atoms with van der Waals surface area (Å²) >= 11 is 0. The van der Waals surface area contributed by atoms with E-state index in [9.17, 15) is 19.8 Å². The molecular weight excluding hydrogens is 424 g/mol. The fraction of sp³-hybridized carbons (Fsp3) is 0.733. The maximum absolute atomic E-state index is 12.6.